The van der Waals surface area contributed by atoms with E-state index in [0.29, 0.717) is 23.2 Å². The number of hydrogen-bond donors (Lipinski definition) is 3. The van der Waals surface area contributed by atoms with Gasteiger partial charge in [0.2, 0.25) is 11.8 Å². The second kappa shape index (κ2) is 8.69. The zero-order valence-corrected chi connectivity index (χ0v) is 11.8. The lowest BCUT2D eigenvalue weighted by atomic mass is 10.2. The molecule has 1 aromatic heterocycles. The van der Waals surface area contributed by atoms with E-state index in [0.717, 1.165) is 25.3 Å². The first-order valence-corrected chi connectivity index (χ1v) is 6.83. The van der Waals surface area contributed by atoms with Crippen LogP contribution in [0.5, 0.6) is 11.8 Å². The van der Waals surface area contributed by atoms with Gasteiger partial charge in [0.25, 0.3) is 0 Å². The van der Waals surface area contributed by atoms with E-state index >= 15 is 0 Å². The van der Waals surface area contributed by atoms with Crippen LogP contribution in [-0.2, 0) is 14.2 Å². The number of carbonyl (C=O) groups excluding carboxylic acids is 1. The summed E-state index contributed by atoms with van der Waals surface area (Å²) in [5.41, 5.74) is 0. The van der Waals surface area contributed by atoms with E-state index in [4.69, 9.17) is 10.1 Å². The minimum atomic E-state index is -0.571. The van der Waals surface area contributed by atoms with E-state index in [1.807, 2.05) is 0 Å². The zero-order chi connectivity index (χ0) is 15.0. The fraction of sp³-hybridized carbons (Fsp3) is 0.545. The third-order valence-electron chi connectivity index (χ3n) is 2.46. The van der Waals surface area contributed by atoms with Crippen LogP contribution in [0.1, 0.15) is 39.0 Å². The molecule has 0 saturated heterocycles. The number of hydrogen-bond acceptors (Lipinski definition) is 8. The lowest BCUT2D eigenvalue weighted by Crippen LogP contribution is -2.18. The minimum Gasteiger partial charge on any atom is -0.492 e. The number of rotatable bonds is 9. The van der Waals surface area contributed by atoms with Crippen molar-refractivity contribution < 1.29 is 34.5 Å². The van der Waals surface area contributed by atoms with E-state index in [9.17, 15) is 15.0 Å². The molecule has 0 bridgehead atoms. The van der Waals surface area contributed by atoms with Crippen LogP contribution in [0.4, 0.5) is 0 Å². The van der Waals surface area contributed by atoms with E-state index in [-0.39, 0.29) is 11.3 Å². The van der Waals surface area contributed by atoms with Crippen molar-refractivity contribution in [3.63, 3.8) is 0 Å². The van der Waals surface area contributed by atoms with Gasteiger partial charge in [-0.2, -0.15) is 0 Å². The number of nitrogens with zero attached hydrogens (tertiary/aromatic N) is 1. The molecule has 0 atom stereocenters. The van der Waals surface area contributed by atoms with Crippen LogP contribution in [0, 0.1) is 0 Å². The first-order valence-electron chi connectivity index (χ1n) is 6.09. The lowest BCUT2D eigenvalue weighted by molar-refractivity contribution is -0.432. The number of aromatic hydroxyl groups is 2. The summed E-state index contributed by atoms with van der Waals surface area (Å²) in [5.74, 6) is -1.59. The fourth-order valence-electron chi connectivity index (χ4n) is 1.50. The van der Waals surface area contributed by atoms with Gasteiger partial charge in [-0.1, -0.05) is 31.2 Å². The smallest absolute Gasteiger partial charge is 0.333 e. The van der Waals surface area contributed by atoms with Crippen LogP contribution >= 0.6 is 12.0 Å². The summed E-state index contributed by atoms with van der Waals surface area (Å²) in [5, 5.41) is 30.6. The molecule has 0 aromatic carbocycles. The first-order chi connectivity index (χ1) is 9.60. The maximum atomic E-state index is 11.5. The molecule has 8 nitrogen and oxygen atoms in total. The van der Waals surface area contributed by atoms with Crippen molar-refractivity contribution in [2.75, 3.05) is 0 Å². The average molecular weight is 307 g/mol. The van der Waals surface area contributed by atoms with Gasteiger partial charge in [-0.25, -0.2) is 10.1 Å². The summed E-state index contributed by atoms with van der Waals surface area (Å²) in [6, 6.07) is 1.09. The standard InChI is InChI=1S/C11H17NO7S/c1-2-3-4-5-6-10(14)17-12-9(13)7-8(11(12)15)20-19-18-16/h7,13,15-16H,2-6H2,1H3. The lowest BCUT2D eigenvalue weighted by Gasteiger charge is -2.06. The van der Waals surface area contributed by atoms with Gasteiger partial charge in [-0.3, -0.25) is 0 Å². The molecule has 0 amide bonds. The van der Waals surface area contributed by atoms with Crippen molar-refractivity contribution in [2.24, 2.45) is 0 Å². The number of aromatic nitrogens is 1. The Kier molecular flexibility index (Phi) is 7.23. The molecule has 0 aliphatic heterocycles. The normalized spacial score (nSPS) is 10.7. The Morgan fingerprint density at radius 1 is 1.35 bits per heavy atom. The van der Waals surface area contributed by atoms with Gasteiger partial charge >= 0.3 is 5.97 Å². The van der Waals surface area contributed by atoms with Crippen LogP contribution in [0.15, 0.2) is 11.0 Å². The van der Waals surface area contributed by atoms with Gasteiger partial charge in [0, 0.05) is 12.5 Å². The second-order valence-corrected chi connectivity index (χ2v) is 4.73. The Hall–Kier alpha value is -1.42. The summed E-state index contributed by atoms with van der Waals surface area (Å²) < 4.78 is 4.69. The molecular weight excluding hydrogens is 290 g/mol. The first kappa shape index (κ1) is 16.6. The van der Waals surface area contributed by atoms with E-state index in [1.165, 1.54) is 0 Å². The molecule has 0 radical (unpaired) electrons. The van der Waals surface area contributed by atoms with Crippen molar-refractivity contribution in [1.29, 1.82) is 0 Å². The monoisotopic (exact) mass is 307 g/mol. The number of unbranched alkanes of at least 4 members (excludes halogenated alkanes) is 3. The van der Waals surface area contributed by atoms with Crippen molar-refractivity contribution in [3.8, 4) is 11.8 Å². The molecule has 3 N–H and O–H groups in total. The second-order valence-electron chi connectivity index (χ2n) is 3.98. The summed E-state index contributed by atoms with van der Waals surface area (Å²) in [6.07, 6.45) is 3.88. The summed E-state index contributed by atoms with van der Waals surface area (Å²) in [6.45, 7) is 2.06. The highest BCUT2D eigenvalue weighted by Gasteiger charge is 2.19. The van der Waals surface area contributed by atoms with Crippen molar-refractivity contribution >= 4 is 18.0 Å². The highest BCUT2D eigenvalue weighted by Crippen LogP contribution is 2.35. The van der Waals surface area contributed by atoms with Crippen LogP contribution in [-0.4, -0.2) is 26.2 Å². The Bertz CT molecular complexity index is 435. The largest absolute Gasteiger partial charge is 0.492 e. The Morgan fingerprint density at radius 2 is 2.10 bits per heavy atom. The number of carbonyl (C=O) groups is 1. The van der Waals surface area contributed by atoms with Crippen LogP contribution < -0.4 is 4.84 Å². The third-order valence-corrected chi connectivity index (χ3v) is 3.07. The molecule has 20 heavy (non-hydrogen) atoms. The van der Waals surface area contributed by atoms with Gasteiger partial charge in [0.1, 0.15) is 4.90 Å². The molecule has 114 valence electrons. The van der Waals surface area contributed by atoms with Gasteiger partial charge in [-0.15, -0.1) is 9.06 Å². The summed E-state index contributed by atoms with van der Waals surface area (Å²) >= 11 is 0.439. The van der Waals surface area contributed by atoms with E-state index in [1.54, 1.807) is 0 Å². The van der Waals surface area contributed by atoms with Gasteiger partial charge in [0.15, 0.2) is 0 Å². The van der Waals surface area contributed by atoms with E-state index < -0.39 is 17.7 Å². The maximum absolute atomic E-state index is 11.5. The molecule has 0 saturated carbocycles. The predicted octanol–water partition coefficient (Wildman–Crippen LogP) is 2.25. The van der Waals surface area contributed by atoms with Crippen LogP contribution in [0.25, 0.3) is 0 Å². The third kappa shape index (κ3) is 4.93. The van der Waals surface area contributed by atoms with Gasteiger partial charge in [0.05, 0.1) is 12.0 Å². The summed E-state index contributed by atoms with van der Waals surface area (Å²) in [7, 11) is 0. The molecule has 1 heterocycles. The Morgan fingerprint density at radius 3 is 2.75 bits per heavy atom. The van der Waals surface area contributed by atoms with Crippen molar-refractivity contribution in [1.82, 2.24) is 4.73 Å². The molecule has 0 aliphatic rings. The minimum absolute atomic E-state index is 0.00957. The maximum Gasteiger partial charge on any atom is 0.333 e. The molecule has 1 rings (SSSR count). The van der Waals surface area contributed by atoms with Crippen LogP contribution in [0.2, 0.25) is 0 Å². The predicted molar refractivity (Wildman–Crippen MR) is 68.8 cm³/mol. The van der Waals surface area contributed by atoms with Crippen LogP contribution in [0.3, 0.4) is 0 Å². The molecule has 0 fully saturated rings. The fourth-order valence-corrected chi connectivity index (χ4v) is 1.91. The highest BCUT2D eigenvalue weighted by atomic mass is 32.2. The highest BCUT2D eigenvalue weighted by molar-refractivity contribution is 7.94. The van der Waals surface area contributed by atoms with Gasteiger partial charge < -0.3 is 15.1 Å². The molecule has 0 unspecified atom stereocenters. The van der Waals surface area contributed by atoms with Crippen molar-refractivity contribution in [2.45, 2.75) is 43.9 Å². The summed E-state index contributed by atoms with van der Waals surface area (Å²) in [4.78, 5) is 16.4. The van der Waals surface area contributed by atoms with E-state index in [2.05, 4.69) is 16.3 Å². The topological polar surface area (TPSA) is 110 Å². The molecular formula is C11H17NO7S. The molecule has 9 heteroatoms. The molecule has 0 aliphatic carbocycles. The zero-order valence-electron chi connectivity index (χ0n) is 10.9. The Balaban J connectivity index is 2.54. The quantitative estimate of drug-likeness (QED) is 0.276. The molecule has 1 aromatic rings. The SMILES string of the molecule is CCCCCCC(=O)On1c(O)cc(SOOO)c1O. The Labute approximate surface area is 119 Å². The average Bonchev–Trinajstić information content (AvgIpc) is 2.69. The van der Waals surface area contributed by atoms with Gasteiger partial charge in [-0.05, 0) is 6.42 Å². The molecule has 0 spiro atoms. The van der Waals surface area contributed by atoms with Crippen molar-refractivity contribution in [3.05, 3.63) is 6.07 Å².